The third-order valence-electron chi connectivity index (χ3n) is 11.0. The van der Waals surface area contributed by atoms with E-state index in [0.717, 1.165) is 62.3 Å². The van der Waals surface area contributed by atoms with E-state index in [-0.39, 0.29) is 29.5 Å². The molecule has 1 heterocycles. The summed E-state index contributed by atoms with van der Waals surface area (Å²) in [5, 5.41) is 3.17. The van der Waals surface area contributed by atoms with Gasteiger partial charge in [-0.25, -0.2) is 4.39 Å². The lowest BCUT2D eigenvalue weighted by Crippen LogP contribution is -2.42. The molecule has 0 saturated heterocycles. The zero-order valence-corrected chi connectivity index (χ0v) is 30.4. The molecule has 1 N–H and O–H groups in total. The van der Waals surface area contributed by atoms with Crippen LogP contribution in [0.25, 0.3) is 0 Å². The molecule has 6 rings (SSSR count). The zero-order valence-electron chi connectivity index (χ0n) is 29.5. The molecule has 7 heteroatoms. The minimum absolute atomic E-state index is 0. The van der Waals surface area contributed by atoms with E-state index in [1.165, 1.54) is 53.6 Å². The smallest absolute Gasteiger partial charge is 0.220 e. The number of nitrogens with one attached hydrogen (secondary N) is 1. The first-order chi connectivity index (χ1) is 24.0. The van der Waals surface area contributed by atoms with Gasteiger partial charge in [0.25, 0.3) is 0 Å². The second-order valence-electron chi connectivity index (χ2n) is 13.8. The van der Waals surface area contributed by atoms with Crippen LogP contribution < -0.4 is 14.8 Å². The molecule has 0 aromatic heterocycles. The Balaban J connectivity index is 0.00000486. The molecule has 1 atom stereocenters. The first-order valence-electron chi connectivity index (χ1n) is 18.1. The molecule has 266 valence electrons. The summed E-state index contributed by atoms with van der Waals surface area (Å²) in [6.07, 6.45) is 9.78. The first-order valence-corrected chi connectivity index (χ1v) is 18.1. The zero-order chi connectivity index (χ0) is 34.1. The van der Waals surface area contributed by atoms with Crippen molar-refractivity contribution in [3.05, 3.63) is 131 Å². The third kappa shape index (κ3) is 8.70. The van der Waals surface area contributed by atoms with Gasteiger partial charge in [-0.2, -0.15) is 0 Å². The minimum atomic E-state index is -0.255. The summed E-state index contributed by atoms with van der Waals surface area (Å²) in [7, 11) is 3.45. The molecule has 50 heavy (non-hydrogen) atoms. The van der Waals surface area contributed by atoms with Crippen molar-refractivity contribution in [2.75, 3.05) is 33.9 Å². The number of hydrogen-bond donors (Lipinski definition) is 1. The normalized spacial score (nSPS) is 16.1. The van der Waals surface area contributed by atoms with Crippen LogP contribution in [0, 0.1) is 11.7 Å². The number of methoxy groups -OCH3 is 2. The van der Waals surface area contributed by atoms with Gasteiger partial charge in [-0.3, -0.25) is 9.69 Å². The number of rotatable bonds is 16. The number of carbonyl (C=O) groups is 1. The van der Waals surface area contributed by atoms with Crippen LogP contribution in [-0.2, 0) is 23.1 Å². The molecular formula is C43H52ClFN2O3. The number of benzene rings is 4. The van der Waals surface area contributed by atoms with E-state index in [0.29, 0.717) is 31.3 Å². The van der Waals surface area contributed by atoms with Gasteiger partial charge in [0, 0.05) is 31.0 Å². The molecule has 4 aromatic carbocycles. The summed E-state index contributed by atoms with van der Waals surface area (Å²) < 4.78 is 24.7. The Hall–Kier alpha value is -3.87. The standard InChI is InChI=1S/C43H51FN2O3.ClH/c1-48-39-30-34-24-29-46(42(33-12-9-13-33)38(34)31-40(39)49-2)28-11-26-43(35-14-5-3-6-15-35,36-16-7-4-8-17-36)25-10-27-45-41(47)23-20-32-18-21-37(44)22-19-32;/h3-8,14-19,21-22,30-31,33,42H,9-13,20,23-29H2,1-2H3,(H,45,47);1H. The molecule has 5 nitrogen and oxygen atoms in total. The van der Waals surface area contributed by atoms with Crippen LogP contribution in [0.4, 0.5) is 4.39 Å². The van der Waals surface area contributed by atoms with E-state index < -0.39 is 0 Å². The van der Waals surface area contributed by atoms with Crippen molar-refractivity contribution in [1.29, 1.82) is 0 Å². The molecule has 1 fully saturated rings. The Bertz CT molecular complexity index is 1610. The summed E-state index contributed by atoms with van der Waals surface area (Å²) >= 11 is 0. The summed E-state index contributed by atoms with van der Waals surface area (Å²) in [6.45, 7) is 2.72. The maximum Gasteiger partial charge on any atom is 0.220 e. The van der Waals surface area contributed by atoms with Crippen molar-refractivity contribution in [3.63, 3.8) is 0 Å². The Labute approximate surface area is 304 Å². The Morgan fingerprint density at radius 3 is 2.08 bits per heavy atom. The second-order valence-corrected chi connectivity index (χ2v) is 13.8. The van der Waals surface area contributed by atoms with Crippen molar-refractivity contribution < 1.29 is 18.7 Å². The van der Waals surface area contributed by atoms with Crippen LogP contribution in [0.5, 0.6) is 11.5 Å². The van der Waals surface area contributed by atoms with Gasteiger partial charge in [0.15, 0.2) is 11.5 Å². The number of amides is 1. The highest BCUT2D eigenvalue weighted by molar-refractivity contribution is 5.85. The number of aryl methyl sites for hydroxylation is 1. The van der Waals surface area contributed by atoms with Crippen LogP contribution in [0.3, 0.4) is 0 Å². The Morgan fingerprint density at radius 1 is 0.860 bits per heavy atom. The van der Waals surface area contributed by atoms with Crippen molar-refractivity contribution >= 4 is 18.3 Å². The van der Waals surface area contributed by atoms with Gasteiger partial charge in [0.2, 0.25) is 5.91 Å². The second kappa shape index (κ2) is 17.9. The molecule has 1 saturated carbocycles. The lowest BCUT2D eigenvalue weighted by Gasteiger charge is -2.46. The van der Waals surface area contributed by atoms with Crippen molar-refractivity contribution in [2.24, 2.45) is 5.92 Å². The summed E-state index contributed by atoms with van der Waals surface area (Å²) in [6, 6.07) is 33.2. The highest BCUT2D eigenvalue weighted by Crippen LogP contribution is 2.48. The first kappa shape index (κ1) is 37.4. The fraction of sp³-hybridized carbons (Fsp3) is 0.419. The van der Waals surface area contributed by atoms with E-state index in [9.17, 15) is 9.18 Å². The van der Waals surface area contributed by atoms with E-state index in [4.69, 9.17) is 9.47 Å². The summed E-state index contributed by atoms with van der Waals surface area (Å²) in [5.41, 5.74) is 6.28. The largest absolute Gasteiger partial charge is 0.493 e. The monoisotopic (exact) mass is 698 g/mol. The van der Waals surface area contributed by atoms with Crippen LogP contribution >= 0.6 is 12.4 Å². The molecule has 0 bridgehead atoms. The molecule has 4 aromatic rings. The molecule has 1 aliphatic heterocycles. The van der Waals surface area contributed by atoms with Gasteiger partial charge < -0.3 is 14.8 Å². The van der Waals surface area contributed by atoms with Gasteiger partial charge in [-0.1, -0.05) is 79.2 Å². The minimum Gasteiger partial charge on any atom is -0.493 e. The van der Waals surface area contributed by atoms with Gasteiger partial charge >= 0.3 is 0 Å². The average molecular weight is 699 g/mol. The summed E-state index contributed by atoms with van der Waals surface area (Å²) in [5.74, 6) is 2.10. The lowest BCUT2D eigenvalue weighted by atomic mass is 9.68. The van der Waals surface area contributed by atoms with E-state index >= 15 is 0 Å². The average Bonchev–Trinajstić information content (AvgIpc) is 3.12. The molecular weight excluding hydrogens is 647 g/mol. The van der Waals surface area contributed by atoms with Crippen LogP contribution in [0.15, 0.2) is 97.1 Å². The number of halogens is 2. The molecule has 2 aliphatic rings. The van der Waals surface area contributed by atoms with Gasteiger partial charge in [-0.15, -0.1) is 12.4 Å². The highest BCUT2D eigenvalue weighted by atomic mass is 35.5. The van der Waals surface area contributed by atoms with Gasteiger partial charge in [-0.05, 0) is 116 Å². The van der Waals surface area contributed by atoms with Crippen molar-refractivity contribution in [1.82, 2.24) is 10.2 Å². The van der Waals surface area contributed by atoms with Crippen LogP contribution in [0.2, 0.25) is 0 Å². The maximum atomic E-state index is 13.3. The number of fused-ring (bicyclic) bond motifs is 1. The number of carbonyl (C=O) groups excluding carboxylic acids is 1. The molecule has 0 radical (unpaired) electrons. The van der Waals surface area contributed by atoms with Crippen molar-refractivity contribution in [2.45, 2.75) is 75.7 Å². The van der Waals surface area contributed by atoms with E-state index in [1.54, 1.807) is 26.4 Å². The molecule has 0 spiro atoms. The molecule has 1 amide bonds. The highest BCUT2D eigenvalue weighted by Gasteiger charge is 2.38. The number of ether oxygens (including phenoxy) is 2. The number of hydrogen-bond acceptors (Lipinski definition) is 4. The summed E-state index contributed by atoms with van der Waals surface area (Å²) in [4.78, 5) is 15.5. The predicted octanol–water partition coefficient (Wildman–Crippen LogP) is 9.26. The maximum absolute atomic E-state index is 13.3. The number of nitrogens with zero attached hydrogens (tertiary/aromatic N) is 1. The Kier molecular flexibility index (Phi) is 13.4. The Morgan fingerprint density at radius 2 is 1.48 bits per heavy atom. The van der Waals surface area contributed by atoms with Crippen LogP contribution in [0.1, 0.15) is 85.2 Å². The topological polar surface area (TPSA) is 50.8 Å². The van der Waals surface area contributed by atoms with E-state index in [1.807, 2.05) is 0 Å². The fourth-order valence-corrected chi connectivity index (χ4v) is 8.17. The van der Waals surface area contributed by atoms with Crippen molar-refractivity contribution in [3.8, 4) is 11.5 Å². The SMILES string of the molecule is COc1cc2c(cc1OC)C(C1CCC1)N(CCCC(CCCNC(=O)CCc1ccc(F)cc1)(c1ccccc1)c1ccccc1)CC2.Cl. The molecule has 1 unspecified atom stereocenters. The van der Waals surface area contributed by atoms with E-state index in [2.05, 4.69) is 83.0 Å². The van der Waals surface area contributed by atoms with Gasteiger partial charge in [0.05, 0.1) is 14.2 Å². The van der Waals surface area contributed by atoms with Crippen LogP contribution in [-0.4, -0.2) is 44.7 Å². The predicted molar refractivity (Wildman–Crippen MR) is 202 cm³/mol. The lowest BCUT2D eigenvalue weighted by molar-refractivity contribution is -0.121. The quantitative estimate of drug-likeness (QED) is 0.119. The molecule has 1 aliphatic carbocycles. The van der Waals surface area contributed by atoms with Gasteiger partial charge in [0.1, 0.15) is 5.82 Å². The third-order valence-corrected chi connectivity index (χ3v) is 11.0. The fourth-order valence-electron chi connectivity index (χ4n) is 8.17.